The van der Waals surface area contributed by atoms with Gasteiger partial charge in [-0.1, -0.05) is 0 Å². The molecule has 0 bridgehead atoms. The third kappa shape index (κ3) is 1.73. The summed E-state index contributed by atoms with van der Waals surface area (Å²) in [5.74, 6) is 2.82. The molecule has 0 saturated carbocycles. The van der Waals surface area contributed by atoms with Gasteiger partial charge in [0.1, 0.15) is 5.75 Å². The lowest BCUT2D eigenvalue weighted by Crippen LogP contribution is -2.42. The summed E-state index contributed by atoms with van der Waals surface area (Å²) in [6, 6.07) is 7.99. The van der Waals surface area contributed by atoms with Gasteiger partial charge in [-0.2, -0.15) is 5.10 Å². The van der Waals surface area contributed by atoms with Crippen molar-refractivity contribution in [2.45, 2.75) is 13.0 Å². The standard InChI is InChI=1S/C12H14N4O/c1-17-10-5-3-9(4-6-10)11-14-15-12-13-7-2-8-16(11)12/h3-6H,2,7-8H2,1H3,(H,13,15)/p+1. The number of benzene rings is 1. The van der Waals surface area contributed by atoms with E-state index >= 15 is 0 Å². The molecule has 5 nitrogen and oxygen atoms in total. The first-order valence-corrected chi connectivity index (χ1v) is 5.75. The van der Waals surface area contributed by atoms with Crippen molar-refractivity contribution in [3.05, 3.63) is 24.3 Å². The average molecular weight is 231 g/mol. The van der Waals surface area contributed by atoms with Crippen molar-refractivity contribution in [1.82, 2.24) is 10.2 Å². The minimum Gasteiger partial charge on any atom is -0.497 e. The van der Waals surface area contributed by atoms with Crippen LogP contribution < -0.4 is 14.6 Å². The van der Waals surface area contributed by atoms with Crippen molar-refractivity contribution in [3.63, 3.8) is 0 Å². The monoisotopic (exact) mass is 231 g/mol. The molecule has 1 aliphatic heterocycles. The highest BCUT2D eigenvalue weighted by Crippen LogP contribution is 2.19. The number of fused-ring (bicyclic) bond motifs is 1. The molecule has 0 aliphatic carbocycles. The number of hydrogen-bond acceptors (Lipinski definition) is 3. The van der Waals surface area contributed by atoms with Gasteiger partial charge in [0.2, 0.25) is 5.82 Å². The van der Waals surface area contributed by atoms with Crippen LogP contribution in [-0.2, 0) is 6.54 Å². The number of aromatic amines is 1. The van der Waals surface area contributed by atoms with Crippen LogP contribution >= 0.6 is 0 Å². The maximum Gasteiger partial charge on any atom is 0.377 e. The molecular formula is C12H15N4O+. The number of nitrogens with one attached hydrogen (secondary N) is 2. The smallest absolute Gasteiger partial charge is 0.377 e. The summed E-state index contributed by atoms with van der Waals surface area (Å²) in [6.45, 7) is 1.99. The summed E-state index contributed by atoms with van der Waals surface area (Å²) in [6.07, 6.45) is 1.13. The molecule has 1 aromatic heterocycles. The second-order valence-corrected chi connectivity index (χ2v) is 4.06. The molecule has 17 heavy (non-hydrogen) atoms. The molecule has 0 unspecified atom stereocenters. The molecule has 1 aromatic carbocycles. The molecule has 1 aliphatic rings. The molecule has 5 heteroatoms. The van der Waals surface area contributed by atoms with Gasteiger partial charge in [0.05, 0.1) is 20.2 Å². The van der Waals surface area contributed by atoms with Crippen LogP contribution in [-0.4, -0.2) is 23.9 Å². The molecule has 3 rings (SSSR count). The fourth-order valence-corrected chi connectivity index (χ4v) is 2.09. The van der Waals surface area contributed by atoms with Crippen LogP contribution in [0.25, 0.3) is 11.4 Å². The second-order valence-electron chi connectivity index (χ2n) is 4.06. The Labute approximate surface area is 99.4 Å². The van der Waals surface area contributed by atoms with Gasteiger partial charge in [0, 0.05) is 17.1 Å². The van der Waals surface area contributed by atoms with Gasteiger partial charge in [-0.25, -0.2) is 4.57 Å². The van der Waals surface area contributed by atoms with Crippen molar-refractivity contribution in [3.8, 4) is 17.1 Å². The Kier molecular flexibility index (Phi) is 2.44. The van der Waals surface area contributed by atoms with Crippen molar-refractivity contribution in [2.75, 3.05) is 19.0 Å². The average Bonchev–Trinajstić information content (AvgIpc) is 2.83. The zero-order chi connectivity index (χ0) is 11.7. The van der Waals surface area contributed by atoms with Gasteiger partial charge < -0.3 is 4.74 Å². The molecule has 0 saturated heterocycles. The van der Waals surface area contributed by atoms with E-state index in [0.29, 0.717) is 0 Å². The third-order valence-corrected chi connectivity index (χ3v) is 3.00. The lowest BCUT2D eigenvalue weighted by atomic mass is 10.2. The predicted molar refractivity (Wildman–Crippen MR) is 63.9 cm³/mol. The van der Waals surface area contributed by atoms with Gasteiger partial charge >= 0.3 is 5.95 Å². The van der Waals surface area contributed by atoms with Gasteiger partial charge in [0.15, 0.2) is 0 Å². The van der Waals surface area contributed by atoms with Crippen LogP contribution in [0, 0.1) is 0 Å². The van der Waals surface area contributed by atoms with E-state index in [1.165, 1.54) is 0 Å². The summed E-state index contributed by atoms with van der Waals surface area (Å²) in [7, 11) is 1.67. The zero-order valence-electron chi connectivity index (χ0n) is 9.73. The molecule has 2 aromatic rings. The Morgan fingerprint density at radius 3 is 2.88 bits per heavy atom. The molecule has 0 fully saturated rings. The predicted octanol–water partition coefficient (Wildman–Crippen LogP) is 1.19. The first-order chi connectivity index (χ1) is 8.38. The maximum absolute atomic E-state index is 5.15. The highest BCUT2D eigenvalue weighted by Gasteiger charge is 2.22. The van der Waals surface area contributed by atoms with E-state index in [-0.39, 0.29) is 0 Å². The highest BCUT2D eigenvalue weighted by molar-refractivity contribution is 5.54. The molecule has 88 valence electrons. The van der Waals surface area contributed by atoms with Crippen molar-refractivity contribution in [1.29, 1.82) is 0 Å². The minimum atomic E-state index is 0.866. The van der Waals surface area contributed by atoms with Crippen LogP contribution in [0.4, 0.5) is 5.95 Å². The first kappa shape index (κ1) is 10.1. The lowest BCUT2D eigenvalue weighted by molar-refractivity contribution is -0.675. The van der Waals surface area contributed by atoms with Crippen LogP contribution in [0.2, 0.25) is 0 Å². The highest BCUT2D eigenvalue weighted by atomic mass is 16.5. The largest absolute Gasteiger partial charge is 0.497 e. The number of hydrogen-bond donors (Lipinski definition) is 2. The number of anilines is 1. The number of ether oxygens (including phenoxy) is 1. The SMILES string of the molecule is COc1ccc(-c2[nH]nc3[n+]2CCCN3)cc1. The summed E-state index contributed by atoms with van der Waals surface area (Å²) < 4.78 is 7.33. The Bertz CT molecular complexity index is 518. The minimum absolute atomic E-state index is 0.866. The Morgan fingerprint density at radius 1 is 1.29 bits per heavy atom. The van der Waals surface area contributed by atoms with Crippen molar-refractivity contribution >= 4 is 5.95 Å². The second kappa shape index (κ2) is 4.08. The van der Waals surface area contributed by atoms with E-state index in [1.54, 1.807) is 7.11 Å². The molecular weight excluding hydrogens is 216 g/mol. The number of rotatable bonds is 2. The normalized spacial score (nSPS) is 13.9. The molecule has 2 heterocycles. The molecule has 0 spiro atoms. The van der Waals surface area contributed by atoms with E-state index < -0.39 is 0 Å². The summed E-state index contributed by atoms with van der Waals surface area (Å²) in [5.41, 5.74) is 1.12. The van der Waals surface area contributed by atoms with Gasteiger partial charge in [0.25, 0.3) is 0 Å². The van der Waals surface area contributed by atoms with Gasteiger partial charge in [-0.3, -0.25) is 5.32 Å². The van der Waals surface area contributed by atoms with Gasteiger partial charge in [-0.15, -0.1) is 0 Å². The van der Waals surface area contributed by atoms with Crippen LogP contribution in [0.1, 0.15) is 6.42 Å². The molecule has 0 radical (unpaired) electrons. The van der Waals surface area contributed by atoms with Crippen LogP contribution in [0.5, 0.6) is 5.75 Å². The Balaban J connectivity index is 2.00. The number of H-pyrrole nitrogens is 1. The quantitative estimate of drug-likeness (QED) is 0.763. The number of methoxy groups -OCH3 is 1. The number of nitrogens with zero attached hydrogens (tertiary/aromatic N) is 2. The van der Waals surface area contributed by atoms with Crippen molar-refractivity contribution < 1.29 is 9.30 Å². The summed E-state index contributed by atoms with van der Waals surface area (Å²) >= 11 is 0. The topological polar surface area (TPSA) is 53.8 Å². The fraction of sp³-hybridized carbons (Fsp3) is 0.333. The van der Waals surface area contributed by atoms with Crippen LogP contribution in [0.3, 0.4) is 0 Å². The molecule has 2 N–H and O–H groups in total. The van der Waals surface area contributed by atoms with E-state index in [2.05, 4.69) is 20.1 Å². The van der Waals surface area contributed by atoms with E-state index in [1.807, 2.05) is 24.3 Å². The van der Waals surface area contributed by atoms with E-state index in [0.717, 1.165) is 42.6 Å². The first-order valence-electron chi connectivity index (χ1n) is 5.75. The van der Waals surface area contributed by atoms with E-state index in [9.17, 15) is 0 Å². The summed E-state index contributed by atoms with van der Waals surface area (Å²) in [4.78, 5) is 0. The maximum atomic E-state index is 5.15. The number of aromatic nitrogens is 3. The van der Waals surface area contributed by atoms with E-state index in [4.69, 9.17) is 4.74 Å². The third-order valence-electron chi connectivity index (χ3n) is 3.00. The fourth-order valence-electron chi connectivity index (χ4n) is 2.09. The Morgan fingerprint density at radius 2 is 2.12 bits per heavy atom. The Hall–Kier alpha value is -2.04. The van der Waals surface area contributed by atoms with Crippen molar-refractivity contribution in [2.24, 2.45) is 0 Å². The molecule has 0 atom stereocenters. The lowest BCUT2D eigenvalue weighted by Gasteiger charge is -2.10. The molecule has 0 amide bonds. The summed E-state index contributed by atoms with van der Waals surface area (Å²) in [5, 5.41) is 10.6. The van der Waals surface area contributed by atoms with Crippen LogP contribution in [0.15, 0.2) is 24.3 Å². The zero-order valence-corrected chi connectivity index (χ0v) is 9.73. The van der Waals surface area contributed by atoms with Gasteiger partial charge in [-0.05, 0) is 24.3 Å².